The largest absolute Gasteiger partial charge is 0.467 e. The Morgan fingerprint density at radius 1 is 1.04 bits per heavy atom. The van der Waals surface area contributed by atoms with E-state index in [1.165, 1.54) is 0 Å². The smallest absolute Gasteiger partial charge is 0.242 e. The average Bonchev–Trinajstić information content (AvgIpc) is 3.05. The Kier molecular flexibility index (Phi) is 5.88. The molecule has 0 saturated carbocycles. The van der Waals surface area contributed by atoms with Crippen molar-refractivity contribution in [3.05, 3.63) is 60.1 Å². The molecule has 2 amide bonds. The molecule has 0 aliphatic carbocycles. The molecule has 25 heavy (non-hydrogen) atoms. The first-order valence-electron chi connectivity index (χ1n) is 8.84. The van der Waals surface area contributed by atoms with E-state index in [2.05, 4.69) is 0 Å². The Balaban J connectivity index is 1.70. The van der Waals surface area contributed by atoms with Crippen LogP contribution in [0.1, 0.15) is 37.0 Å². The number of carbonyl (C=O) groups excluding carboxylic acids is 2. The normalized spacial score (nSPS) is 15.0. The van der Waals surface area contributed by atoms with Gasteiger partial charge in [0.15, 0.2) is 0 Å². The number of amides is 2. The molecular formula is C20H24N2O3. The van der Waals surface area contributed by atoms with Gasteiger partial charge in [-0.3, -0.25) is 9.59 Å². The summed E-state index contributed by atoms with van der Waals surface area (Å²) >= 11 is 0. The van der Waals surface area contributed by atoms with Gasteiger partial charge in [0.05, 0.1) is 19.4 Å². The highest BCUT2D eigenvalue weighted by Crippen LogP contribution is 2.14. The highest BCUT2D eigenvalue weighted by molar-refractivity contribution is 5.85. The molecule has 0 radical (unpaired) electrons. The van der Waals surface area contributed by atoms with Gasteiger partial charge in [0.1, 0.15) is 5.76 Å². The lowest BCUT2D eigenvalue weighted by molar-refractivity contribution is -0.141. The van der Waals surface area contributed by atoms with Crippen molar-refractivity contribution in [3.8, 4) is 0 Å². The fourth-order valence-electron chi connectivity index (χ4n) is 3.10. The number of hydrogen-bond acceptors (Lipinski definition) is 3. The Morgan fingerprint density at radius 3 is 2.64 bits per heavy atom. The number of hydrogen-bond donors (Lipinski definition) is 0. The number of nitrogens with zero attached hydrogens (tertiary/aromatic N) is 2. The van der Waals surface area contributed by atoms with E-state index in [0.717, 1.165) is 30.6 Å². The van der Waals surface area contributed by atoms with Gasteiger partial charge >= 0.3 is 0 Å². The van der Waals surface area contributed by atoms with E-state index in [1.54, 1.807) is 16.1 Å². The lowest BCUT2D eigenvalue weighted by Crippen LogP contribution is -2.42. The van der Waals surface area contributed by atoms with Gasteiger partial charge in [-0.15, -0.1) is 0 Å². The van der Waals surface area contributed by atoms with E-state index in [0.29, 0.717) is 26.1 Å². The lowest BCUT2D eigenvalue weighted by atomic mass is 10.2. The van der Waals surface area contributed by atoms with Gasteiger partial charge in [-0.25, -0.2) is 0 Å². The number of furan rings is 1. The summed E-state index contributed by atoms with van der Waals surface area (Å²) < 4.78 is 5.41. The van der Waals surface area contributed by atoms with Gasteiger partial charge < -0.3 is 14.2 Å². The molecule has 2 aromatic rings. The van der Waals surface area contributed by atoms with Crippen molar-refractivity contribution in [3.63, 3.8) is 0 Å². The number of carbonyl (C=O) groups is 2. The van der Waals surface area contributed by atoms with Crippen LogP contribution in [0.15, 0.2) is 53.1 Å². The van der Waals surface area contributed by atoms with Gasteiger partial charge in [0, 0.05) is 19.5 Å². The summed E-state index contributed by atoms with van der Waals surface area (Å²) in [6.07, 6.45) is 5.10. The number of benzene rings is 1. The standard InChI is InChI=1S/C20H24N2O3/c23-19-11-5-2-6-12-21(19)16-20(24)22(15-18-10-7-13-25-18)14-17-8-3-1-4-9-17/h1,3-4,7-10,13H,2,5-6,11-12,14-16H2. The third-order valence-corrected chi connectivity index (χ3v) is 4.49. The molecule has 1 aromatic heterocycles. The summed E-state index contributed by atoms with van der Waals surface area (Å²) in [7, 11) is 0. The molecule has 2 heterocycles. The molecular weight excluding hydrogens is 316 g/mol. The van der Waals surface area contributed by atoms with Crippen LogP contribution in [0, 0.1) is 0 Å². The highest BCUT2D eigenvalue weighted by Gasteiger charge is 2.23. The molecule has 1 aliphatic heterocycles. The summed E-state index contributed by atoms with van der Waals surface area (Å²) in [6.45, 7) is 1.72. The second-order valence-corrected chi connectivity index (χ2v) is 6.44. The third kappa shape index (κ3) is 4.95. The van der Waals surface area contributed by atoms with Crippen molar-refractivity contribution in [2.24, 2.45) is 0 Å². The molecule has 3 rings (SSSR count). The highest BCUT2D eigenvalue weighted by atomic mass is 16.3. The van der Waals surface area contributed by atoms with Gasteiger partial charge in [-0.2, -0.15) is 0 Å². The quantitative estimate of drug-likeness (QED) is 0.811. The van der Waals surface area contributed by atoms with Crippen LogP contribution in [-0.4, -0.2) is 34.7 Å². The van der Waals surface area contributed by atoms with Crippen molar-refractivity contribution in [2.75, 3.05) is 13.1 Å². The molecule has 1 fully saturated rings. The Bertz CT molecular complexity index is 682. The van der Waals surface area contributed by atoms with E-state index in [1.807, 2.05) is 42.5 Å². The van der Waals surface area contributed by atoms with Crippen LogP contribution in [0.5, 0.6) is 0 Å². The molecule has 0 spiro atoms. The van der Waals surface area contributed by atoms with E-state index < -0.39 is 0 Å². The number of likely N-dealkylation sites (tertiary alicyclic amines) is 1. The topological polar surface area (TPSA) is 53.8 Å². The SMILES string of the molecule is O=C1CCCCCN1CC(=O)N(Cc1ccccc1)Cc1ccco1. The lowest BCUT2D eigenvalue weighted by Gasteiger charge is -2.26. The van der Waals surface area contributed by atoms with Gasteiger partial charge in [0.25, 0.3) is 0 Å². The van der Waals surface area contributed by atoms with Crippen molar-refractivity contribution in [2.45, 2.75) is 38.8 Å². The Hall–Kier alpha value is -2.56. The van der Waals surface area contributed by atoms with E-state index in [4.69, 9.17) is 4.42 Å². The fraction of sp³-hybridized carbons (Fsp3) is 0.400. The molecule has 5 heteroatoms. The first kappa shape index (κ1) is 17.3. The monoisotopic (exact) mass is 340 g/mol. The van der Waals surface area contributed by atoms with Gasteiger partial charge in [-0.1, -0.05) is 36.8 Å². The van der Waals surface area contributed by atoms with Crippen LogP contribution in [0.2, 0.25) is 0 Å². The zero-order valence-electron chi connectivity index (χ0n) is 14.4. The second-order valence-electron chi connectivity index (χ2n) is 6.44. The van der Waals surface area contributed by atoms with Gasteiger partial charge in [-0.05, 0) is 30.5 Å². The first-order valence-corrected chi connectivity index (χ1v) is 8.84. The molecule has 132 valence electrons. The minimum atomic E-state index is -0.0458. The minimum absolute atomic E-state index is 0.0458. The summed E-state index contributed by atoms with van der Waals surface area (Å²) in [5.41, 5.74) is 1.06. The average molecular weight is 340 g/mol. The zero-order valence-corrected chi connectivity index (χ0v) is 14.4. The maximum Gasteiger partial charge on any atom is 0.242 e. The van der Waals surface area contributed by atoms with Crippen molar-refractivity contribution >= 4 is 11.8 Å². The van der Waals surface area contributed by atoms with Gasteiger partial charge in [0.2, 0.25) is 11.8 Å². The van der Waals surface area contributed by atoms with Crippen LogP contribution >= 0.6 is 0 Å². The van der Waals surface area contributed by atoms with Crippen LogP contribution in [0.4, 0.5) is 0 Å². The fourth-order valence-corrected chi connectivity index (χ4v) is 3.10. The molecule has 0 unspecified atom stereocenters. The molecule has 5 nitrogen and oxygen atoms in total. The van der Waals surface area contributed by atoms with Crippen molar-refractivity contribution in [1.82, 2.24) is 9.80 Å². The summed E-state index contributed by atoms with van der Waals surface area (Å²) in [5.74, 6) is 0.783. The summed E-state index contributed by atoms with van der Waals surface area (Å²) in [4.78, 5) is 28.5. The predicted octanol–water partition coefficient (Wildman–Crippen LogP) is 3.21. The second kappa shape index (κ2) is 8.51. The minimum Gasteiger partial charge on any atom is -0.467 e. The maximum atomic E-state index is 12.9. The van der Waals surface area contributed by atoms with Crippen molar-refractivity contribution in [1.29, 1.82) is 0 Å². The Morgan fingerprint density at radius 2 is 1.88 bits per heavy atom. The molecule has 0 atom stereocenters. The van der Waals surface area contributed by atoms with E-state index in [9.17, 15) is 9.59 Å². The number of rotatable bonds is 6. The molecule has 1 aliphatic rings. The molecule has 1 saturated heterocycles. The molecule has 1 aromatic carbocycles. The van der Waals surface area contributed by atoms with Crippen LogP contribution < -0.4 is 0 Å². The third-order valence-electron chi connectivity index (χ3n) is 4.49. The Labute approximate surface area is 148 Å². The van der Waals surface area contributed by atoms with E-state index >= 15 is 0 Å². The van der Waals surface area contributed by atoms with Crippen LogP contribution in [0.25, 0.3) is 0 Å². The zero-order chi connectivity index (χ0) is 17.5. The van der Waals surface area contributed by atoms with Crippen LogP contribution in [0.3, 0.4) is 0 Å². The first-order chi connectivity index (χ1) is 12.2. The van der Waals surface area contributed by atoms with E-state index in [-0.39, 0.29) is 18.4 Å². The van der Waals surface area contributed by atoms with Crippen LogP contribution in [-0.2, 0) is 22.7 Å². The molecule has 0 bridgehead atoms. The molecule has 0 N–H and O–H groups in total. The summed E-state index contributed by atoms with van der Waals surface area (Å²) in [6, 6.07) is 13.6. The maximum absolute atomic E-state index is 12.9. The summed E-state index contributed by atoms with van der Waals surface area (Å²) in [5, 5.41) is 0. The van der Waals surface area contributed by atoms with Crippen molar-refractivity contribution < 1.29 is 14.0 Å². The predicted molar refractivity (Wildman–Crippen MR) is 94.5 cm³/mol.